The maximum atomic E-state index is 11.8. The third kappa shape index (κ3) is 3.39. The number of hydrogen-bond donors (Lipinski definition) is 1. The number of carbonyl (C=O) groups excluding carboxylic acids is 1. The molecular weight excluding hydrogens is 220 g/mol. The number of thioether (sulfide) groups is 1. The molecule has 0 aliphatic carbocycles. The zero-order valence-electron chi connectivity index (χ0n) is 11.0. The number of carbonyl (C=O) groups is 1. The fourth-order valence-corrected chi connectivity index (χ4v) is 3.59. The molecule has 1 heterocycles. The minimum absolute atomic E-state index is 0.0852. The van der Waals surface area contributed by atoms with E-state index in [0.717, 1.165) is 5.75 Å². The fourth-order valence-electron chi connectivity index (χ4n) is 1.97. The highest BCUT2D eigenvalue weighted by Crippen LogP contribution is 2.34. The molecule has 1 rings (SSSR count). The van der Waals surface area contributed by atoms with Crippen molar-refractivity contribution in [3.63, 3.8) is 0 Å². The van der Waals surface area contributed by atoms with Crippen molar-refractivity contribution in [3.05, 3.63) is 0 Å². The van der Waals surface area contributed by atoms with Crippen LogP contribution in [0.2, 0.25) is 0 Å². The summed E-state index contributed by atoms with van der Waals surface area (Å²) in [6.45, 7) is 6.53. The van der Waals surface area contributed by atoms with Gasteiger partial charge in [0.05, 0.1) is 6.04 Å². The average Bonchev–Trinajstić information content (AvgIpc) is 2.19. The van der Waals surface area contributed by atoms with Gasteiger partial charge in [-0.25, -0.2) is 0 Å². The van der Waals surface area contributed by atoms with Crippen LogP contribution in [0.25, 0.3) is 0 Å². The molecule has 1 saturated heterocycles. The molecule has 94 valence electrons. The maximum absolute atomic E-state index is 11.8. The van der Waals surface area contributed by atoms with Gasteiger partial charge in [0, 0.05) is 25.9 Å². The van der Waals surface area contributed by atoms with Crippen molar-refractivity contribution < 1.29 is 4.79 Å². The molecule has 0 aromatic carbocycles. The van der Waals surface area contributed by atoms with Crippen molar-refractivity contribution in [1.29, 1.82) is 0 Å². The lowest BCUT2D eigenvalue weighted by atomic mass is 9.82. The summed E-state index contributed by atoms with van der Waals surface area (Å²) >= 11 is 1.98. The average molecular weight is 244 g/mol. The van der Waals surface area contributed by atoms with Crippen LogP contribution >= 0.6 is 11.8 Å². The maximum Gasteiger partial charge on any atom is 0.238 e. The summed E-state index contributed by atoms with van der Waals surface area (Å²) in [5.74, 6) is 2.51. The van der Waals surface area contributed by atoms with Gasteiger partial charge >= 0.3 is 0 Å². The molecule has 1 aliphatic heterocycles. The van der Waals surface area contributed by atoms with Gasteiger partial charge in [0.1, 0.15) is 0 Å². The van der Waals surface area contributed by atoms with Crippen LogP contribution in [0.3, 0.4) is 0 Å². The Morgan fingerprint density at radius 3 is 2.62 bits per heavy atom. The van der Waals surface area contributed by atoms with Crippen molar-refractivity contribution in [1.82, 2.24) is 10.2 Å². The Balaban J connectivity index is 2.55. The van der Waals surface area contributed by atoms with Gasteiger partial charge in [-0.1, -0.05) is 13.8 Å². The van der Waals surface area contributed by atoms with E-state index >= 15 is 0 Å². The third-order valence-electron chi connectivity index (χ3n) is 3.38. The van der Waals surface area contributed by atoms with Crippen molar-refractivity contribution in [2.24, 2.45) is 5.41 Å². The van der Waals surface area contributed by atoms with Gasteiger partial charge in [-0.2, -0.15) is 11.8 Å². The van der Waals surface area contributed by atoms with Crippen molar-refractivity contribution >= 4 is 17.7 Å². The largest absolute Gasteiger partial charge is 0.347 e. The Labute approximate surface area is 103 Å². The monoisotopic (exact) mass is 244 g/mol. The summed E-state index contributed by atoms with van der Waals surface area (Å²) < 4.78 is 0. The number of rotatable bonds is 3. The second-order valence-corrected chi connectivity index (χ2v) is 6.64. The van der Waals surface area contributed by atoms with E-state index in [1.165, 1.54) is 12.2 Å². The molecular formula is C12H24N2OS. The van der Waals surface area contributed by atoms with E-state index in [0.29, 0.717) is 11.5 Å². The molecule has 0 aromatic heterocycles. The second-order valence-electron chi connectivity index (χ2n) is 5.49. The Morgan fingerprint density at radius 1 is 1.50 bits per heavy atom. The highest BCUT2D eigenvalue weighted by Gasteiger charge is 2.34. The molecule has 16 heavy (non-hydrogen) atoms. The van der Waals surface area contributed by atoms with Crippen LogP contribution in [-0.2, 0) is 4.79 Å². The Bertz CT molecular complexity index is 253. The van der Waals surface area contributed by atoms with Crippen LogP contribution in [0.4, 0.5) is 0 Å². The molecule has 2 unspecified atom stereocenters. The summed E-state index contributed by atoms with van der Waals surface area (Å²) in [6, 6.07) is 0.350. The predicted molar refractivity (Wildman–Crippen MR) is 70.8 cm³/mol. The van der Waals surface area contributed by atoms with Crippen LogP contribution in [0.5, 0.6) is 0 Å². The lowest BCUT2D eigenvalue weighted by Gasteiger charge is -2.40. The summed E-state index contributed by atoms with van der Waals surface area (Å²) in [5, 5.41) is 3.48. The van der Waals surface area contributed by atoms with Gasteiger partial charge in [-0.3, -0.25) is 4.79 Å². The molecule has 0 saturated carbocycles. The molecule has 1 N–H and O–H groups in total. The first-order valence-corrected chi connectivity index (χ1v) is 7.05. The lowest BCUT2D eigenvalue weighted by Crippen LogP contribution is -2.53. The molecule has 4 heteroatoms. The normalized spacial score (nSPS) is 26.2. The van der Waals surface area contributed by atoms with E-state index in [1.54, 1.807) is 19.0 Å². The molecule has 2 atom stereocenters. The van der Waals surface area contributed by atoms with Gasteiger partial charge in [0.25, 0.3) is 0 Å². The second kappa shape index (κ2) is 5.41. The van der Waals surface area contributed by atoms with Crippen LogP contribution in [-0.4, -0.2) is 48.5 Å². The number of hydrogen-bond acceptors (Lipinski definition) is 3. The number of nitrogens with one attached hydrogen (secondary N) is 1. The molecule has 0 bridgehead atoms. The quantitative estimate of drug-likeness (QED) is 0.818. The van der Waals surface area contributed by atoms with E-state index in [9.17, 15) is 4.79 Å². The lowest BCUT2D eigenvalue weighted by molar-refractivity contribution is -0.130. The summed E-state index contributed by atoms with van der Waals surface area (Å²) in [7, 11) is 3.61. The molecule has 3 nitrogen and oxygen atoms in total. The fraction of sp³-hybridized carbons (Fsp3) is 0.917. The third-order valence-corrected chi connectivity index (χ3v) is 4.44. The van der Waals surface area contributed by atoms with Gasteiger partial charge in [0.15, 0.2) is 0 Å². The van der Waals surface area contributed by atoms with Gasteiger partial charge in [-0.05, 0) is 24.5 Å². The van der Waals surface area contributed by atoms with E-state index < -0.39 is 0 Å². The summed E-state index contributed by atoms with van der Waals surface area (Å²) in [4.78, 5) is 13.4. The highest BCUT2D eigenvalue weighted by atomic mass is 32.2. The molecule has 0 radical (unpaired) electrons. The molecule has 0 spiro atoms. The number of amides is 1. The zero-order chi connectivity index (χ0) is 12.3. The van der Waals surface area contributed by atoms with E-state index in [-0.39, 0.29) is 11.9 Å². The van der Waals surface area contributed by atoms with Crippen molar-refractivity contribution in [2.75, 3.05) is 25.6 Å². The Hall–Kier alpha value is -0.220. The van der Waals surface area contributed by atoms with Gasteiger partial charge in [0.2, 0.25) is 5.91 Å². The predicted octanol–water partition coefficient (Wildman–Crippen LogP) is 1.58. The Kier molecular flexibility index (Phi) is 4.68. The minimum Gasteiger partial charge on any atom is -0.347 e. The van der Waals surface area contributed by atoms with E-state index in [1.807, 2.05) is 18.7 Å². The molecule has 1 fully saturated rings. The zero-order valence-corrected chi connectivity index (χ0v) is 11.9. The molecule has 1 aliphatic rings. The smallest absolute Gasteiger partial charge is 0.238 e. The standard InChI is InChI=1S/C12H24N2OS/c1-9(11(15)14(4)5)13-10-8-16-7-6-12(10,2)3/h9-10,13H,6-8H2,1-5H3. The highest BCUT2D eigenvalue weighted by molar-refractivity contribution is 7.99. The van der Waals surface area contributed by atoms with E-state index in [4.69, 9.17) is 0 Å². The topological polar surface area (TPSA) is 32.3 Å². The van der Waals surface area contributed by atoms with Gasteiger partial charge in [-0.15, -0.1) is 0 Å². The van der Waals surface area contributed by atoms with Crippen LogP contribution < -0.4 is 5.32 Å². The number of nitrogens with zero attached hydrogens (tertiary/aromatic N) is 1. The first-order chi connectivity index (χ1) is 7.34. The van der Waals surface area contributed by atoms with E-state index in [2.05, 4.69) is 19.2 Å². The van der Waals surface area contributed by atoms with Crippen LogP contribution in [0, 0.1) is 5.41 Å². The summed E-state index contributed by atoms with van der Waals surface area (Å²) in [5.41, 5.74) is 0.298. The first kappa shape index (κ1) is 13.8. The molecule has 1 amide bonds. The van der Waals surface area contributed by atoms with Crippen LogP contribution in [0.1, 0.15) is 27.2 Å². The van der Waals surface area contributed by atoms with Crippen molar-refractivity contribution in [3.8, 4) is 0 Å². The SMILES string of the molecule is CC(NC1CSCCC1(C)C)C(=O)N(C)C. The van der Waals surface area contributed by atoms with Gasteiger partial charge < -0.3 is 10.2 Å². The Morgan fingerprint density at radius 2 is 2.12 bits per heavy atom. The minimum atomic E-state index is -0.0852. The summed E-state index contributed by atoms with van der Waals surface area (Å²) in [6.07, 6.45) is 1.22. The number of likely N-dealkylation sites (N-methyl/N-ethyl adjacent to an activating group) is 1. The first-order valence-electron chi connectivity index (χ1n) is 5.89. The van der Waals surface area contributed by atoms with Crippen LogP contribution in [0.15, 0.2) is 0 Å². The molecule has 0 aromatic rings. The van der Waals surface area contributed by atoms with Crippen molar-refractivity contribution in [2.45, 2.75) is 39.3 Å².